The molecule has 2 aromatic heterocycles. The number of carbonyl (C=O) groups excluding carboxylic acids is 2. The van der Waals surface area contributed by atoms with Gasteiger partial charge in [0.15, 0.2) is 5.82 Å². The van der Waals surface area contributed by atoms with Crippen LogP contribution in [0.3, 0.4) is 0 Å². The van der Waals surface area contributed by atoms with E-state index in [0.29, 0.717) is 29.3 Å². The van der Waals surface area contributed by atoms with Gasteiger partial charge >= 0.3 is 12.1 Å². The van der Waals surface area contributed by atoms with Crippen LogP contribution in [0.25, 0.3) is 21.9 Å². The van der Waals surface area contributed by atoms with E-state index in [9.17, 15) is 27.9 Å². The molecule has 3 aromatic rings. The molecular weight excluding hydrogens is 585 g/mol. The highest BCUT2D eigenvalue weighted by Gasteiger charge is 2.38. The number of aromatic nitrogens is 3. The number of rotatable bonds is 10. The van der Waals surface area contributed by atoms with Crippen molar-refractivity contribution in [1.29, 1.82) is 0 Å². The summed E-state index contributed by atoms with van der Waals surface area (Å²) in [5, 5.41) is 27.7. The molecule has 12 nitrogen and oxygen atoms in total. The highest BCUT2D eigenvalue weighted by molar-refractivity contribution is 6.10. The maximum Gasteiger partial charge on any atom is 0.490 e. The van der Waals surface area contributed by atoms with E-state index in [0.717, 1.165) is 30.3 Å². The van der Waals surface area contributed by atoms with Gasteiger partial charge in [0.05, 0.1) is 29.2 Å². The van der Waals surface area contributed by atoms with E-state index in [4.69, 9.17) is 24.6 Å². The molecule has 44 heavy (non-hydrogen) atoms. The Bertz CT molecular complexity index is 1480. The highest BCUT2D eigenvalue weighted by atomic mass is 19.4. The van der Waals surface area contributed by atoms with Crippen LogP contribution in [-0.4, -0.2) is 79.5 Å². The number of anilines is 1. The predicted molar refractivity (Wildman–Crippen MR) is 157 cm³/mol. The first-order valence-electron chi connectivity index (χ1n) is 14.3. The number of imidazole rings is 1. The van der Waals surface area contributed by atoms with E-state index >= 15 is 0 Å². The summed E-state index contributed by atoms with van der Waals surface area (Å²) >= 11 is 0. The second-order valence-electron chi connectivity index (χ2n) is 11.4. The number of hydrogen-bond acceptors (Lipinski definition) is 8. The average molecular weight is 625 g/mol. The van der Waals surface area contributed by atoms with Crippen LogP contribution in [-0.2, 0) is 32.3 Å². The van der Waals surface area contributed by atoms with Crippen LogP contribution in [0.5, 0.6) is 0 Å². The average Bonchev–Trinajstić information content (AvgIpc) is 3.58. The molecule has 1 fully saturated rings. The maximum absolute atomic E-state index is 13.5. The van der Waals surface area contributed by atoms with E-state index in [2.05, 4.69) is 16.0 Å². The van der Waals surface area contributed by atoms with Crippen molar-refractivity contribution in [2.45, 2.75) is 84.5 Å². The Balaban J connectivity index is 0.000000676. The smallest absolute Gasteiger partial charge is 0.475 e. The number of benzene rings is 1. The Labute approximate surface area is 252 Å². The first-order chi connectivity index (χ1) is 20.5. The van der Waals surface area contributed by atoms with Gasteiger partial charge in [0.2, 0.25) is 11.8 Å². The van der Waals surface area contributed by atoms with Crippen LogP contribution in [0.2, 0.25) is 0 Å². The van der Waals surface area contributed by atoms with E-state index < -0.39 is 23.8 Å². The molecule has 3 heterocycles. The number of amides is 2. The van der Waals surface area contributed by atoms with E-state index in [1.807, 2.05) is 49.6 Å². The molecule has 0 aliphatic carbocycles. The van der Waals surface area contributed by atoms with Crippen molar-refractivity contribution in [2.24, 2.45) is 5.92 Å². The minimum absolute atomic E-state index is 0.137. The minimum atomic E-state index is -5.08. The fraction of sp³-hybridized carbons (Fsp3) is 0.552. The van der Waals surface area contributed by atoms with Crippen molar-refractivity contribution < 1.29 is 42.5 Å². The van der Waals surface area contributed by atoms with Crippen molar-refractivity contribution >= 4 is 45.5 Å². The van der Waals surface area contributed by atoms with Gasteiger partial charge in [-0.15, -0.1) is 0 Å². The molecule has 1 aromatic carbocycles. The van der Waals surface area contributed by atoms with Gasteiger partial charge in [-0.3, -0.25) is 9.59 Å². The van der Waals surface area contributed by atoms with Gasteiger partial charge in [-0.05, 0) is 52.1 Å². The number of hydrogen-bond donors (Lipinski definition) is 5. The van der Waals surface area contributed by atoms with Crippen LogP contribution < -0.4 is 16.0 Å². The summed E-state index contributed by atoms with van der Waals surface area (Å²) in [6.07, 6.45) is -3.39. The topological polar surface area (TPSA) is 168 Å². The number of carboxylic acids is 1. The van der Waals surface area contributed by atoms with Gasteiger partial charge in [0.1, 0.15) is 24.0 Å². The van der Waals surface area contributed by atoms with Crippen LogP contribution in [0.1, 0.15) is 53.3 Å². The summed E-state index contributed by atoms with van der Waals surface area (Å²) in [5.74, 6) is -2.47. The number of para-hydroxylation sites is 1. The molecular formula is C29H39F3N6O6. The van der Waals surface area contributed by atoms with Gasteiger partial charge in [0, 0.05) is 12.0 Å². The summed E-state index contributed by atoms with van der Waals surface area (Å²) in [7, 11) is 0. The quantitative estimate of drug-likeness (QED) is 0.227. The maximum atomic E-state index is 13.5. The van der Waals surface area contributed by atoms with Gasteiger partial charge in [-0.2, -0.15) is 13.2 Å². The fourth-order valence-electron chi connectivity index (χ4n) is 4.72. The third-order valence-corrected chi connectivity index (χ3v) is 6.75. The van der Waals surface area contributed by atoms with Crippen LogP contribution in [0.15, 0.2) is 24.3 Å². The fourth-order valence-corrected chi connectivity index (χ4v) is 4.72. The molecule has 1 saturated heterocycles. The van der Waals surface area contributed by atoms with Gasteiger partial charge < -0.3 is 35.5 Å². The second kappa shape index (κ2) is 14.3. The van der Waals surface area contributed by atoms with Gasteiger partial charge in [0.25, 0.3) is 0 Å². The number of carbonyl (C=O) groups is 3. The molecule has 0 radical (unpaired) electrons. The molecule has 4 rings (SSSR count). The normalized spacial score (nSPS) is 16.1. The molecule has 1 aliphatic rings. The SMILES string of the molecule is CCOCc1nc2c(NC(=O)[C@@H](NC(=O)[C@@H]3CCCN3)C(C)C)nc3ccccc3c2n1CC(C)(C)O.O=C(O)C(F)(F)F. The number of aliphatic hydroxyl groups is 1. The summed E-state index contributed by atoms with van der Waals surface area (Å²) in [6, 6.07) is 6.62. The molecule has 2 amide bonds. The predicted octanol–water partition coefficient (Wildman–Crippen LogP) is 3.36. The third kappa shape index (κ3) is 8.86. The van der Waals surface area contributed by atoms with Crippen LogP contribution >= 0.6 is 0 Å². The Morgan fingerprint density at radius 2 is 1.84 bits per heavy atom. The first-order valence-corrected chi connectivity index (χ1v) is 14.3. The molecule has 0 saturated carbocycles. The molecule has 0 unspecified atom stereocenters. The number of halogens is 3. The van der Waals surface area contributed by atoms with Gasteiger partial charge in [-0.1, -0.05) is 32.0 Å². The highest BCUT2D eigenvalue weighted by Crippen LogP contribution is 2.32. The zero-order valence-electron chi connectivity index (χ0n) is 25.3. The Morgan fingerprint density at radius 3 is 2.39 bits per heavy atom. The van der Waals surface area contributed by atoms with E-state index in [-0.39, 0.29) is 36.9 Å². The summed E-state index contributed by atoms with van der Waals surface area (Å²) in [6.45, 7) is 11.0. The van der Waals surface area contributed by atoms with Gasteiger partial charge in [-0.25, -0.2) is 14.8 Å². The van der Waals surface area contributed by atoms with Crippen LogP contribution in [0.4, 0.5) is 19.0 Å². The standard InChI is InChI=1S/C27H38N6O4.C2HF3O2/c1-6-37-14-20-30-22-23(33(20)15-27(4,5)36)17-10-7-8-11-18(17)29-24(22)32-26(35)21(16(2)3)31-25(34)19-12-9-13-28-19;3-2(4,5)1(6)7/h7-8,10-11,16,19,21,28,36H,6,9,12-15H2,1-5H3,(H,31,34)(H,29,32,35);(H,6,7)/t19-,21-;/m0./s1. The number of nitrogens with one attached hydrogen (secondary N) is 3. The minimum Gasteiger partial charge on any atom is -0.475 e. The Kier molecular flexibility index (Phi) is 11.3. The summed E-state index contributed by atoms with van der Waals surface area (Å²) in [4.78, 5) is 44.7. The Hall–Kier alpha value is -3.82. The lowest BCUT2D eigenvalue weighted by Gasteiger charge is -2.23. The number of alkyl halides is 3. The second-order valence-corrected chi connectivity index (χ2v) is 11.4. The summed E-state index contributed by atoms with van der Waals surface area (Å²) < 4.78 is 39.4. The first kappa shape index (κ1) is 34.7. The number of carboxylic acid groups (broad SMARTS) is 1. The van der Waals surface area contributed by atoms with Crippen LogP contribution in [0, 0.1) is 5.92 Å². The lowest BCUT2D eigenvalue weighted by molar-refractivity contribution is -0.192. The van der Waals surface area contributed by atoms with Crippen molar-refractivity contribution in [1.82, 2.24) is 25.2 Å². The lowest BCUT2D eigenvalue weighted by Crippen LogP contribution is -2.52. The molecule has 15 heteroatoms. The number of aliphatic carboxylic acids is 1. The van der Waals surface area contributed by atoms with Crippen molar-refractivity contribution in [3.05, 3.63) is 30.1 Å². The van der Waals surface area contributed by atoms with Crippen molar-refractivity contribution in [3.8, 4) is 0 Å². The lowest BCUT2D eigenvalue weighted by atomic mass is 10.0. The monoisotopic (exact) mass is 624 g/mol. The molecule has 2 atom stereocenters. The number of nitrogens with zero attached hydrogens (tertiary/aromatic N) is 3. The van der Waals surface area contributed by atoms with Crippen molar-refractivity contribution in [3.63, 3.8) is 0 Å². The molecule has 0 spiro atoms. The van der Waals surface area contributed by atoms with Crippen molar-refractivity contribution in [2.75, 3.05) is 18.5 Å². The number of fused-ring (bicyclic) bond motifs is 3. The molecule has 242 valence electrons. The summed E-state index contributed by atoms with van der Waals surface area (Å²) in [5.41, 5.74) is 0.949. The zero-order chi connectivity index (χ0) is 32.8. The Morgan fingerprint density at radius 1 is 1.18 bits per heavy atom. The molecule has 0 bridgehead atoms. The zero-order valence-corrected chi connectivity index (χ0v) is 25.3. The number of pyridine rings is 1. The van der Waals surface area contributed by atoms with E-state index in [1.165, 1.54) is 0 Å². The number of ether oxygens (including phenoxy) is 1. The van der Waals surface area contributed by atoms with E-state index in [1.54, 1.807) is 13.8 Å². The molecule has 5 N–H and O–H groups in total. The molecule has 1 aliphatic heterocycles. The third-order valence-electron chi connectivity index (χ3n) is 6.75. The largest absolute Gasteiger partial charge is 0.490 e.